The molecule has 3 heterocycles. The lowest BCUT2D eigenvalue weighted by molar-refractivity contribution is 0.954. The summed E-state index contributed by atoms with van der Waals surface area (Å²) in [6.07, 6.45) is 0. The zero-order valence-corrected chi connectivity index (χ0v) is 33.4. The van der Waals surface area contributed by atoms with Gasteiger partial charge in [-0.2, -0.15) is 9.97 Å². The van der Waals surface area contributed by atoms with Gasteiger partial charge in [-0.05, 0) is 68.4 Å². The Morgan fingerprint density at radius 3 is 1.26 bits per heavy atom. The minimum absolute atomic E-state index is 0.572. The lowest BCUT2D eigenvalue weighted by Gasteiger charge is -2.16. The maximum Gasteiger partial charge on any atom is 0.238 e. The van der Waals surface area contributed by atoms with E-state index in [0.29, 0.717) is 17.6 Å². The van der Waals surface area contributed by atoms with Crippen molar-refractivity contribution in [2.75, 3.05) is 0 Å². The Kier molecular flexibility index (Phi) is 7.54. The zero-order chi connectivity index (χ0) is 40.7. The summed E-state index contributed by atoms with van der Waals surface area (Å²) in [7, 11) is 0. The van der Waals surface area contributed by atoms with Gasteiger partial charge in [0.1, 0.15) is 0 Å². The normalized spacial score (nSPS) is 11.9. The molecule has 0 aliphatic rings. The first-order valence-electron chi connectivity index (χ1n) is 21.0. The van der Waals surface area contributed by atoms with Crippen LogP contribution in [0.1, 0.15) is 0 Å². The second kappa shape index (κ2) is 13.6. The second-order valence-electron chi connectivity index (χ2n) is 16.0. The van der Waals surface area contributed by atoms with Gasteiger partial charge in [0.15, 0.2) is 11.6 Å². The molecule has 288 valence electrons. The number of hydrogen-bond donors (Lipinski definition) is 0. The highest BCUT2D eigenvalue weighted by atomic mass is 15.2. The van der Waals surface area contributed by atoms with Gasteiger partial charge in [-0.3, -0.25) is 4.57 Å². The number of para-hydroxylation sites is 2. The van der Waals surface area contributed by atoms with Crippen molar-refractivity contribution in [2.45, 2.75) is 0 Å². The van der Waals surface area contributed by atoms with E-state index in [1.165, 1.54) is 43.3 Å². The smallest absolute Gasteiger partial charge is 0.238 e. The molecule has 5 nitrogen and oxygen atoms in total. The number of aromatic nitrogens is 5. The summed E-state index contributed by atoms with van der Waals surface area (Å²) in [4.78, 5) is 15.6. The number of fused-ring (bicyclic) bond motifs is 12. The molecule has 0 saturated heterocycles. The Balaban J connectivity index is 1.09. The van der Waals surface area contributed by atoms with Crippen LogP contribution in [0, 0.1) is 0 Å². The van der Waals surface area contributed by atoms with Crippen molar-refractivity contribution < 1.29 is 0 Å². The van der Waals surface area contributed by atoms with Gasteiger partial charge in [0.2, 0.25) is 5.95 Å². The van der Waals surface area contributed by atoms with E-state index in [0.717, 1.165) is 60.6 Å². The summed E-state index contributed by atoms with van der Waals surface area (Å²) >= 11 is 0. The topological polar surface area (TPSA) is 48.5 Å². The molecule has 13 rings (SSSR count). The van der Waals surface area contributed by atoms with E-state index in [1.54, 1.807) is 0 Å². The van der Waals surface area contributed by atoms with Crippen LogP contribution in [-0.2, 0) is 0 Å². The molecule has 0 unspecified atom stereocenters. The molecule has 0 fully saturated rings. The zero-order valence-electron chi connectivity index (χ0n) is 33.4. The van der Waals surface area contributed by atoms with Crippen LogP contribution in [0.3, 0.4) is 0 Å². The van der Waals surface area contributed by atoms with Crippen LogP contribution in [0.15, 0.2) is 212 Å². The largest absolute Gasteiger partial charge is 0.309 e. The molecule has 62 heavy (non-hydrogen) atoms. The van der Waals surface area contributed by atoms with Crippen LogP contribution < -0.4 is 0 Å². The van der Waals surface area contributed by atoms with Crippen molar-refractivity contribution in [3.8, 4) is 45.5 Å². The average molecular weight is 790 g/mol. The third kappa shape index (κ3) is 5.18. The fourth-order valence-electron chi connectivity index (χ4n) is 9.78. The third-order valence-corrected chi connectivity index (χ3v) is 12.6. The quantitative estimate of drug-likeness (QED) is 0.163. The number of hydrogen-bond acceptors (Lipinski definition) is 3. The van der Waals surface area contributed by atoms with Crippen LogP contribution in [0.25, 0.3) is 121 Å². The van der Waals surface area contributed by atoms with Gasteiger partial charge >= 0.3 is 0 Å². The Morgan fingerprint density at radius 2 is 0.661 bits per heavy atom. The van der Waals surface area contributed by atoms with Crippen molar-refractivity contribution in [1.82, 2.24) is 24.1 Å². The Hall–Kier alpha value is -8.41. The molecule has 0 amide bonds. The molecule has 3 aromatic heterocycles. The molecule has 5 heteroatoms. The molecular formula is C57H35N5. The lowest BCUT2D eigenvalue weighted by Crippen LogP contribution is -2.06. The third-order valence-electron chi connectivity index (χ3n) is 12.6. The Labute approximate surface area is 356 Å². The SMILES string of the molecule is c1ccc(-c2ccc(-c3nc(-c4ccccc4)nc(-n4c5ccccc5c5cc6c(cc54)c4ccccc4n6-c4cccc5c6ccccc6c6ccccc6c45)n3)cc2)cc1. The highest BCUT2D eigenvalue weighted by Gasteiger charge is 2.22. The first-order valence-corrected chi connectivity index (χ1v) is 21.0. The molecular weight excluding hydrogens is 755 g/mol. The summed E-state index contributed by atoms with van der Waals surface area (Å²) in [6.45, 7) is 0. The van der Waals surface area contributed by atoms with E-state index < -0.39 is 0 Å². The lowest BCUT2D eigenvalue weighted by atomic mass is 9.93. The molecule has 0 spiro atoms. The maximum atomic E-state index is 5.29. The molecule has 0 atom stereocenters. The summed E-state index contributed by atoms with van der Waals surface area (Å²) in [5, 5.41) is 12.1. The van der Waals surface area contributed by atoms with Gasteiger partial charge in [0.25, 0.3) is 0 Å². The maximum absolute atomic E-state index is 5.29. The molecule has 13 aromatic rings. The average Bonchev–Trinajstić information content (AvgIpc) is 3.85. The van der Waals surface area contributed by atoms with Crippen LogP contribution in [0.5, 0.6) is 0 Å². The first kappa shape index (κ1) is 34.5. The van der Waals surface area contributed by atoms with Crippen molar-refractivity contribution in [3.05, 3.63) is 212 Å². The molecule has 0 radical (unpaired) electrons. The Morgan fingerprint density at radius 1 is 0.258 bits per heavy atom. The van der Waals surface area contributed by atoms with Gasteiger partial charge in [-0.15, -0.1) is 0 Å². The minimum atomic E-state index is 0.572. The minimum Gasteiger partial charge on any atom is -0.309 e. The predicted octanol–water partition coefficient (Wildman–Crippen LogP) is 14.5. The standard InChI is InChI=1S/C57H35N5/c1-3-16-36(17-4-1)37-30-32-39(33-31-37)56-58-55(38-18-5-2-6-19-38)59-57(60-56)62-50-28-14-12-24-44(50)48-34-52-47(35-53(48)62)43-23-11-13-27-49(43)61(52)51-29-15-26-46-42-21-8-7-20-40(42)41-22-9-10-25-45(41)54(46)51/h1-35H. The van der Waals surface area contributed by atoms with E-state index in [-0.39, 0.29) is 0 Å². The van der Waals surface area contributed by atoms with Crippen LogP contribution in [-0.4, -0.2) is 24.1 Å². The molecule has 10 aromatic carbocycles. The van der Waals surface area contributed by atoms with E-state index >= 15 is 0 Å². The molecule has 0 saturated carbocycles. The monoisotopic (exact) mass is 789 g/mol. The van der Waals surface area contributed by atoms with Crippen molar-refractivity contribution >= 4 is 75.9 Å². The predicted molar refractivity (Wildman–Crippen MR) is 257 cm³/mol. The number of rotatable bonds is 5. The van der Waals surface area contributed by atoms with E-state index in [1.807, 2.05) is 24.3 Å². The summed E-state index contributed by atoms with van der Waals surface area (Å²) in [6, 6.07) is 75.7. The molecule has 0 bridgehead atoms. The number of nitrogens with zero attached hydrogens (tertiary/aromatic N) is 5. The van der Waals surface area contributed by atoms with Crippen LogP contribution >= 0.6 is 0 Å². The highest BCUT2D eigenvalue weighted by Crippen LogP contribution is 2.43. The van der Waals surface area contributed by atoms with Crippen LogP contribution in [0.2, 0.25) is 0 Å². The fraction of sp³-hybridized carbons (Fsp3) is 0. The first-order chi connectivity index (χ1) is 30.8. The van der Waals surface area contributed by atoms with Gasteiger partial charge in [0.05, 0.1) is 27.8 Å². The number of benzene rings is 10. The molecule has 0 aliphatic heterocycles. The van der Waals surface area contributed by atoms with Crippen molar-refractivity contribution in [1.29, 1.82) is 0 Å². The van der Waals surface area contributed by atoms with Crippen molar-refractivity contribution in [2.24, 2.45) is 0 Å². The highest BCUT2D eigenvalue weighted by molar-refractivity contribution is 6.28. The summed E-state index contributed by atoms with van der Waals surface area (Å²) in [5.41, 5.74) is 9.69. The van der Waals surface area contributed by atoms with E-state index in [9.17, 15) is 0 Å². The van der Waals surface area contributed by atoms with E-state index in [2.05, 4.69) is 197 Å². The van der Waals surface area contributed by atoms with Crippen molar-refractivity contribution in [3.63, 3.8) is 0 Å². The van der Waals surface area contributed by atoms with Gasteiger partial charge in [-0.1, -0.05) is 182 Å². The van der Waals surface area contributed by atoms with Gasteiger partial charge in [0, 0.05) is 38.1 Å². The Bertz CT molecular complexity index is 3860. The molecule has 0 aliphatic carbocycles. The second-order valence-corrected chi connectivity index (χ2v) is 16.0. The molecule has 0 N–H and O–H groups in total. The fourth-order valence-corrected chi connectivity index (χ4v) is 9.78. The summed E-state index contributed by atoms with van der Waals surface area (Å²) < 4.78 is 4.71. The van der Waals surface area contributed by atoms with Crippen LogP contribution in [0.4, 0.5) is 0 Å². The summed E-state index contributed by atoms with van der Waals surface area (Å²) in [5.74, 6) is 1.81. The van der Waals surface area contributed by atoms with Gasteiger partial charge in [-0.25, -0.2) is 4.98 Å². The van der Waals surface area contributed by atoms with E-state index in [4.69, 9.17) is 15.0 Å². The van der Waals surface area contributed by atoms with Gasteiger partial charge < -0.3 is 4.57 Å².